The third-order valence-electron chi connectivity index (χ3n) is 9.85. The van der Waals surface area contributed by atoms with Gasteiger partial charge in [0.2, 0.25) is 0 Å². The number of fused-ring (bicyclic) bond motifs is 2. The topological polar surface area (TPSA) is 168 Å². The van der Waals surface area contributed by atoms with Crippen molar-refractivity contribution in [1.82, 2.24) is 0 Å². The molecule has 1 unspecified atom stereocenters. The van der Waals surface area contributed by atoms with Crippen molar-refractivity contribution in [2.45, 2.75) is 90.1 Å². The van der Waals surface area contributed by atoms with Gasteiger partial charge in [0.15, 0.2) is 0 Å². The molecule has 6 aromatic carbocycles. The van der Waals surface area contributed by atoms with Crippen molar-refractivity contribution < 1.29 is 46.0 Å². The molecule has 352 valence electrons. The van der Waals surface area contributed by atoms with Gasteiger partial charge in [0.05, 0.1) is 43.1 Å². The predicted octanol–water partition coefficient (Wildman–Crippen LogP) is 12.7. The molecule has 0 aromatic heterocycles. The summed E-state index contributed by atoms with van der Waals surface area (Å²) in [6.45, 7) is 10.3. The van der Waals surface area contributed by atoms with Crippen LogP contribution in [0.5, 0.6) is 11.5 Å². The number of halogens is 2. The number of epoxide rings is 2. The van der Waals surface area contributed by atoms with Crippen molar-refractivity contribution in [2.24, 2.45) is 0 Å². The van der Waals surface area contributed by atoms with Crippen molar-refractivity contribution in [3.8, 4) is 11.5 Å². The number of hydrogen-bond donors (Lipinski definition) is 1. The minimum absolute atomic E-state index is 0. The fourth-order valence-electron chi connectivity index (χ4n) is 6.36. The van der Waals surface area contributed by atoms with Crippen molar-refractivity contribution in [3.63, 3.8) is 0 Å². The van der Waals surface area contributed by atoms with Crippen molar-refractivity contribution >= 4 is 94.3 Å². The zero-order valence-corrected chi connectivity index (χ0v) is 41.7. The van der Waals surface area contributed by atoms with Gasteiger partial charge in [-0.2, -0.15) is 8.42 Å². The van der Waals surface area contributed by atoms with E-state index in [1.165, 1.54) is 38.1 Å². The van der Waals surface area contributed by atoms with Crippen LogP contribution in [-0.2, 0) is 41.5 Å². The largest absolute Gasteiger partial charge is 0.493 e. The first-order valence-electron chi connectivity index (χ1n) is 21.2. The lowest BCUT2D eigenvalue weighted by molar-refractivity contribution is -0.385. The molecule has 8 rings (SSSR count). The molecule has 2 heterocycles. The molecular weight excluding hydrogens is 1090 g/mol. The highest BCUT2D eigenvalue weighted by Gasteiger charge is 2.27. The number of amides is 1. The van der Waals surface area contributed by atoms with E-state index in [0.29, 0.717) is 25.0 Å². The zero-order valence-electron chi connectivity index (χ0n) is 36.6. The molecule has 2 saturated heterocycles. The molecule has 2 aliphatic rings. The Bertz CT molecular complexity index is 2690. The average Bonchev–Trinajstić information content (AvgIpc) is 4.24. The summed E-state index contributed by atoms with van der Waals surface area (Å²) in [6, 6.07) is 35.4. The van der Waals surface area contributed by atoms with Crippen LogP contribution in [0.2, 0.25) is 0 Å². The molecule has 16 heteroatoms. The molecule has 0 radical (unpaired) electrons. The summed E-state index contributed by atoms with van der Waals surface area (Å²) < 4.78 is 57.9. The van der Waals surface area contributed by atoms with Crippen LogP contribution in [0.15, 0.2) is 120 Å². The van der Waals surface area contributed by atoms with E-state index in [-0.39, 0.29) is 30.7 Å². The van der Waals surface area contributed by atoms with E-state index in [2.05, 4.69) is 87.8 Å². The first-order valence-corrected chi connectivity index (χ1v) is 24.8. The highest BCUT2D eigenvalue weighted by molar-refractivity contribution is 14.1. The number of nitrogens with one attached hydrogen (secondary N) is 1. The molecule has 2 aliphatic heterocycles. The Balaban J connectivity index is 0.000000189. The number of ether oxygens (including phenoxy) is 5. The van der Waals surface area contributed by atoms with Crippen LogP contribution in [0, 0.1) is 17.3 Å². The number of rotatable bonds is 16. The summed E-state index contributed by atoms with van der Waals surface area (Å²) in [4.78, 5) is 21.8. The van der Waals surface area contributed by atoms with Gasteiger partial charge in [-0.05, 0) is 114 Å². The van der Waals surface area contributed by atoms with Gasteiger partial charge in [0, 0.05) is 41.5 Å². The number of non-ortho nitro benzene ring substituents is 1. The maximum atomic E-state index is 12.2. The van der Waals surface area contributed by atoms with E-state index in [0.717, 1.165) is 76.4 Å². The average molecular weight is 1150 g/mol. The molecule has 13 nitrogen and oxygen atoms in total. The molecular formula is C50H56I2N2O11S. The summed E-state index contributed by atoms with van der Waals surface area (Å²) in [5.74, 6) is 1.76. The van der Waals surface area contributed by atoms with Crippen molar-refractivity contribution in [1.29, 1.82) is 0 Å². The lowest BCUT2D eigenvalue weighted by Gasteiger charge is -2.21. The fraction of sp³-hybridized carbons (Fsp3) is 0.340. The molecule has 0 aliphatic carbocycles. The molecule has 66 heavy (non-hydrogen) atoms. The number of carbonyl (C=O) groups is 1. The predicted molar refractivity (Wildman–Crippen MR) is 275 cm³/mol. The number of anilines is 1. The Morgan fingerprint density at radius 3 is 1.98 bits per heavy atom. The highest BCUT2D eigenvalue weighted by Crippen LogP contribution is 2.37. The Morgan fingerprint density at radius 1 is 0.803 bits per heavy atom. The SMILES string of the molecule is C.CC(C)(C)OC(=O)Nc1cc(OCc2ccccc2)c2ccccc2c1I.CCCCOc1cc(CC[C@@H]2CO2)c(I)c2ccccc12.O=[N+]([O-])c1cccc(S(=O)(=O)OCC2CO2)c1. The van der Waals surface area contributed by atoms with E-state index >= 15 is 0 Å². The molecule has 6 aromatic rings. The van der Waals surface area contributed by atoms with Gasteiger partial charge in [0.25, 0.3) is 15.8 Å². The maximum absolute atomic E-state index is 12.2. The second-order valence-electron chi connectivity index (χ2n) is 16.2. The third kappa shape index (κ3) is 15.8. The summed E-state index contributed by atoms with van der Waals surface area (Å²) in [7, 11) is -3.96. The van der Waals surface area contributed by atoms with Crippen LogP contribution in [0.3, 0.4) is 0 Å². The van der Waals surface area contributed by atoms with E-state index in [1.54, 1.807) is 0 Å². The van der Waals surface area contributed by atoms with Crippen LogP contribution in [0.25, 0.3) is 21.5 Å². The zero-order chi connectivity index (χ0) is 46.6. The molecule has 0 bridgehead atoms. The second kappa shape index (κ2) is 24.4. The van der Waals surface area contributed by atoms with Gasteiger partial charge in [-0.3, -0.25) is 19.6 Å². The molecule has 0 spiro atoms. The molecule has 1 amide bonds. The van der Waals surface area contributed by atoms with E-state index in [9.17, 15) is 23.3 Å². The monoisotopic (exact) mass is 1150 g/mol. The Labute approximate surface area is 414 Å². The first-order chi connectivity index (χ1) is 31.1. The Hall–Kier alpha value is -4.60. The number of unbranched alkanes of at least 4 members (excludes halogenated alkanes) is 1. The number of nitro groups is 1. The standard InChI is InChI=1S/C22H22INO3.C18H21IO2.C9H9NO6S.CH4/c1-22(2,3)27-21(25)24-18-13-19(26-14-15-9-5-4-6-10-15)16-11-7-8-12-17(16)20(18)23;1-2-3-10-20-17-11-13(8-9-14-12-21-14)18(19)16-7-5-4-6-15(16)17;11-10(12)7-2-1-3-9(4-7)17(13,14)16-6-8-5-15-8;/h4-13H,14H2,1-3H3,(H,24,25);4-7,11,14H,2-3,8-10,12H2,1H3;1-4,8H,5-6H2;1H4/t;14-;;/m.1../s1. The lowest BCUT2D eigenvalue weighted by Crippen LogP contribution is -2.27. The van der Waals surface area contributed by atoms with Crippen molar-refractivity contribution in [2.75, 3.05) is 31.7 Å². The molecule has 1 N–H and O–H groups in total. The lowest BCUT2D eigenvalue weighted by atomic mass is 10.0. The molecule has 0 saturated carbocycles. The summed E-state index contributed by atoms with van der Waals surface area (Å²) in [5, 5.41) is 17.9. The Kier molecular flexibility index (Phi) is 19.4. The number of nitrogens with zero attached hydrogens (tertiary/aromatic N) is 1. The van der Waals surface area contributed by atoms with Gasteiger partial charge < -0.3 is 23.7 Å². The highest BCUT2D eigenvalue weighted by atomic mass is 127. The van der Waals surface area contributed by atoms with Gasteiger partial charge in [-0.15, -0.1) is 0 Å². The summed E-state index contributed by atoms with van der Waals surface area (Å²) in [6.07, 6.45) is 4.25. The van der Waals surface area contributed by atoms with Gasteiger partial charge in [-0.25, -0.2) is 4.79 Å². The quantitative estimate of drug-likeness (QED) is 0.0244. The van der Waals surface area contributed by atoms with Crippen LogP contribution in [-0.4, -0.2) is 63.7 Å². The van der Waals surface area contributed by atoms with Crippen molar-refractivity contribution in [3.05, 3.63) is 144 Å². The van der Waals surface area contributed by atoms with E-state index in [4.69, 9.17) is 27.9 Å². The smallest absolute Gasteiger partial charge is 0.412 e. The van der Waals surface area contributed by atoms with Gasteiger partial charge in [0.1, 0.15) is 34.7 Å². The molecule has 2 fully saturated rings. The Morgan fingerprint density at radius 2 is 1.39 bits per heavy atom. The minimum atomic E-state index is -3.96. The van der Waals surface area contributed by atoms with Gasteiger partial charge in [-0.1, -0.05) is 106 Å². The van der Waals surface area contributed by atoms with Crippen LogP contribution < -0.4 is 14.8 Å². The van der Waals surface area contributed by atoms with E-state index in [1.807, 2.05) is 81.4 Å². The van der Waals surface area contributed by atoms with E-state index < -0.39 is 26.7 Å². The first kappa shape index (κ1) is 52.4. The number of benzene rings is 6. The fourth-order valence-corrected chi connectivity index (χ4v) is 8.99. The second-order valence-corrected chi connectivity index (χ2v) is 20.0. The number of carbonyl (C=O) groups excluding carboxylic acids is 1. The summed E-state index contributed by atoms with van der Waals surface area (Å²) >= 11 is 4.71. The number of hydrogen-bond acceptors (Lipinski definition) is 11. The minimum Gasteiger partial charge on any atom is -0.493 e. The number of aryl methyl sites for hydroxylation is 1. The van der Waals surface area contributed by atoms with Crippen LogP contribution >= 0.6 is 45.2 Å². The molecule has 2 atom stereocenters. The normalized spacial score (nSPS) is 14.9. The van der Waals surface area contributed by atoms with Crippen LogP contribution in [0.4, 0.5) is 16.2 Å². The van der Waals surface area contributed by atoms with Crippen LogP contribution in [0.1, 0.15) is 65.5 Å². The van der Waals surface area contributed by atoms with Gasteiger partial charge >= 0.3 is 6.09 Å². The summed E-state index contributed by atoms with van der Waals surface area (Å²) in [5.41, 5.74) is 2.29. The third-order valence-corrected chi connectivity index (χ3v) is 13.6. The number of nitro benzene ring substituents is 1. The maximum Gasteiger partial charge on any atom is 0.412 e.